The molecule has 4 heteroatoms. The first-order valence-electron chi connectivity index (χ1n) is 5.71. The Balaban J connectivity index is 0.00000112. The summed E-state index contributed by atoms with van der Waals surface area (Å²) in [4.78, 5) is 0. The normalized spacial score (nSPS) is 42.0. The van der Waals surface area contributed by atoms with E-state index in [2.05, 4.69) is 19.2 Å². The predicted octanol–water partition coefficient (Wildman–Crippen LogP) is 1.95. The van der Waals surface area contributed by atoms with Gasteiger partial charge in [-0.15, -0.1) is 12.4 Å². The van der Waals surface area contributed by atoms with E-state index in [9.17, 15) is 0 Å². The maximum absolute atomic E-state index is 5.88. The summed E-state index contributed by atoms with van der Waals surface area (Å²) in [5, 5.41) is 3.47. The van der Waals surface area contributed by atoms with Gasteiger partial charge in [-0.2, -0.15) is 0 Å². The molecule has 15 heavy (non-hydrogen) atoms. The summed E-state index contributed by atoms with van der Waals surface area (Å²) in [5.41, 5.74) is -0.243. The van der Waals surface area contributed by atoms with Crippen molar-refractivity contribution in [2.24, 2.45) is 5.92 Å². The molecule has 0 amide bonds. The third-order valence-electron chi connectivity index (χ3n) is 3.26. The molecule has 0 saturated carbocycles. The van der Waals surface area contributed by atoms with Gasteiger partial charge in [-0.3, -0.25) is 5.32 Å². The minimum atomic E-state index is -0.243. The molecule has 2 aliphatic heterocycles. The second kappa shape index (κ2) is 5.48. The Kier molecular flexibility index (Phi) is 4.84. The van der Waals surface area contributed by atoms with Crippen LogP contribution in [-0.4, -0.2) is 31.6 Å². The average molecular weight is 236 g/mol. The first kappa shape index (κ1) is 13.2. The summed E-state index contributed by atoms with van der Waals surface area (Å²) in [6.45, 7) is 7.10. The molecule has 0 aromatic heterocycles. The smallest absolute Gasteiger partial charge is 0.142 e. The van der Waals surface area contributed by atoms with Crippen LogP contribution in [0.25, 0.3) is 0 Å². The molecule has 90 valence electrons. The standard InChI is InChI=1S/C11H21NO2.ClH/c1-9-7-12-11(2,14-8-9)10-5-3-4-6-13-10;/h9-10,12H,3-8H2,1-2H3;1H. The second-order valence-electron chi connectivity index (χ2n) is 4.76. The van der Waals surface area contributed by atoms with Crippen molar-refractivity contribution in [2.45, 2.75) is 44.9 Å². The summed E-state index contributed by atoms with van der Waals surface area (Å²) in [5.74, 6) is 0.617. The van der Waals surface area contributed by atoms with Crippen LogP contribution >= 0.6 is 12.4 Å². The highest BCUT2D eigenvalue weighted by atomic mass is 35.5. The third kappa shape index (κ3) is 3.06. The minimum absolute atomic E-state index is 0. The van der Waals surface area contributed by atoms with Crippen LogP contribution in [0.3, 0.4) is 0 Å². The number of rotatable bonds is 1. The molecule has 3 nitrogen and oxygen atoms in total. The van der Waals surface area contributed by atoms with Crippen LogP contribution in [0.5, 0.6) is 0 Å². The van der Waals surface area contributed by atoms with E-state index < -0.39 is 0 Å². The molecule has 3 atom stereocenters. The Labute approximate surface area is 98.3 Å². The van der Waals surface area contributed by atoms with Crippen molar-refractivity contribution in [2.75, 3.05) is 19.8 Å². The van der Waals surface area contributed by atoms with Gasteiger partial charge in [0.05, 0.1) is 12.7 Å². The fourth-order valence-electron chi connectivity index (χ4n) is 2.18. The van der Waals surface area contributed by atoms with Crippen molar-refractivity contribution in [1.29, 1.82) is 0 Å². The van der Waals surface area contributed by atoms with Crippen LogP contribution in [0.2, 0.25) is 0 Å². The quantitative estimate of drug-likeness (QED) is 0.754. The SMILES string of the molecule is CC1CNC(C)(C2CCCCO2)OC1.Cl. The number of nitrogens with one attached hydrogen (secondary N) is 1. The van der Waals surface area contributed by atoms with Crippen LogP contribution in [-0.2, 0) is 9.47 Å². The van der Waals surface area contributed by atoms with E-state index in [0.717, 1.165) is 26.2 Å². The van der Waals surface area contributed by atoms with Crippen LogP contribution in [0.4, 0.5) is 0 Å². The summed E-state index contributed by atoms with van der Waals surface area (Å²) >= 11 is 0. The molecule has 2 fully saturated rings. The van der Waals surface area contributed by atoms with Crippen molar-refractivity contribution in [3.05, 3.63) is 0 Å². The van der Waals surface area contributed by atoms with Gasteiger partial charge in [0.2, 0.25) is 0 Å². The fourth-order valence-corrected chi connectivity index (χ4v) is 2.18. The van der Waals surface area contributed by atoms with E-state index in [1.165, 1.54) is 12.8 Å². The molecule has 0 aromatic carbocycles. The number of ether oxygens (including phenoxy) is 2. The summed E-state index contributed by atoms with van der Waals surface area (Å²) in [6, 6.07) is 0. The van der Waals surface area contributed by atoms with E-state index in [4.69, 9.17) is 9.47 Å². The van der Waals surface area contributed by atoms with Crippen LogP contribution < -0.4 is 5.32 Å². The summed E-state index contributed by atoms with van der Waals surface area (Å²) < 4.78 is 11.6. The van der Waals surface area contributed by atoms with Crippen LogP contribution in [0.1, 0.15) is 33.1 Å². The van der Waals surface area contributed by atoms with E-state index in [0.29, 0.717) is 5.92 Å². The summed E-state index contributed by atoms with van der Waals surface area (Å²) in [6.07, 6.45) is 3.82. The molecule has 2 heterocycles. The molecule has 0 aromatic rings. The first-order chi connectivity index (χ1) is 6.71. The molecule has 3 unspecified atom stereocenters. The minimum Gasteiger partial charge on any atom is -0.374 e. The van der Waals surface area contributed by atoms with Gasteiger partial charge >= 0.3 is 0 Å². The lowest BCUT2D eigenvalue weighted by molar-refractivity contribution is -0.190. The highest BCUT2D eigenvalue weighted by Gasteiger charge is 2.39. The second-order valence-corrected chi connectivity index (χ2v) is 4.76. The predicted molar refractivity (Wildman–Crippen MR) is 62.4 cm³/mol. The Morgan fingerprint density at radius 3 is 2.67 bits per heavy atom. The van der Waals surface area contributed by atoms with E-state index in [1.807, 2.05) is 0 Å². The zero-order valence-electron chi connectivity index (χ0n) is 9.62. The fraction of sp³-hybridized carbons (Fsp3) is 1.00. The van der Waals surface area contributed by atoms with Gasteiger partial charge in [-0.05, 0) is 32.1 Å². The van der Waals surface area contributed by atoms with E-state index in [-0.39, 0.29) is 24.2 Å². The Bertz CT molecular complexity index is 187. The van der Waals surface area contributed by atoms with E-state index in [1.54, 1.807) is 0 Å². The molecule has 0 spiro atoms. The van der Waals surface area contributed by atoms with Crippen molar-refractivity contribution >= 4 is 12.4 Å². The Morgan fingerprint density at radius 2 is 2.13 bits per heavy atom. The lowest BCUT2D eigenvalue weighted by Gasteiger charge is -2.44. The largest absolute Gasteiger partial charge is 0.374 e. The molecule has 0 aliphatic carbocycles. The number of hydrogen-bond donors (Lipinski definition) is 1. The number of hydrogen-bond acceptors (Lipinski definition) is 3. The van der Waals surface area contributed by atoms with Gasteiger partial charge in [0.15, 0.2) is 0 Å². The zero-order chi connectivity index (χ0) is 10.0. The molecular formula is C11H22ClNO2. The van der Waals surface area contributed by atoms with Crippen LogP contribution in [0.15, 0.2) is 0 Å². The average Bonchev–Trinajstić information content (AvgIpc) is 2.24. The maximum atomic E-state index is 5.88. The van der Waals surface area contributed by atoms with Gasteiger partial charge in [0, 0.05) is 13.2 Å². The van der Waals surface area contributed by atoms with Gasteiger partial charge < -0.3 is 9.47 Å². The van der Waals surface area contributed by atoms with Crippen molar-refractivity contribution in [3.8, 4) is 0 Å². The van der Waals surface area contributed by atoms with Crippen molar-refractivity contribution < 1.29 is 9.47 Å². The lowest BCUT2D eigenvalue weighted by atomic mass is 9.97. The number of halogens is 1. The third-order valence-corrected chi connectivity index (χ3v) is 3.26. The Hall–Kier alpha value is 0.170. The molecule has 1 N–H and O–H groups in total. The van der Waals surface area contributed by atoms with Gasteiger partial charge in [0.25, 0.3) is 0 Å². The van der Waals surface area contributed by atoms with Crippen molar-refractivity contribution in [3.63, 3.8) is 0 Å². The van der Waals surface area contributed by atoms with Gasteiger partial charge in [-0.1, -0.05) is 6.92 Å². The van der Waals surface area contributed by atoms with Crippen LogP contribution in [0, 0.1) is 5.92 Å². The topological polar surface area (TPSA) is 30.5 Å². The summed E-state index contributed by atoms with van der Waals surface area (Å²) in [7, 11) is 0. The highest BCUT2D eigenvalue weighted by molar-refractivity contribution is 5.85. The monoisotopic (exact) mass is 235 g/mol. The van der Waals surface area contributed by atoms with E-state index >= 15 is 0 Å². The molecular weight excluding hydrogens is 214 g/mol. The van der Waals surface area contributed by atoms with Gasteiger partial charge in [0.1, 0.15) is 5.72 Å². The molecule has 2 rings (SSSR count). The Morgan fingerprint density at radius 1 is 1.33 bits per heavy atom. The first-order valence-corrected chi connectivity index (χ1v) is 5.71. The maximum Gasteiger partial charge on any atom is 0.142 e. The molecule has 2 aliphatic rings. The highest BCUT2D eigenvalue weighted by Crippen LogP contribution is 2.27. The molecule has 0 bridgehead atoms. The van der Waals surface area contributed by atoms with Gasteiger partial charge in [-0.25, -0.2) is 0 Å². The lowest BCUT2D eigenvalue weighted by Crippen LogP contribution is -2.60. The molecule has 0 radical (unpaired) electrons. The molecule has 2 saturated heterocycles. The van der Waals surface area contributed by atoms with Crippen molar-refractivity contribution in [1.82, 2.24) is 5.32 Å². The zero-order valence-corrected chi connectivity index (χ0v) is 10.4.